The predicted molar refractivity (Wildman–Crippen MR) is 111 cm³/mol. The molecule has 0 saturated carbocycles. The Kier molecular flexibility index (Phi) is 6.65. The summed E-state index contributed by atoms with van der Waals surface area (Å²) < 4.78 is 4.80. The van der Waals surface area contributed by atoms with E-state index >= 15 is 0 Å². The van der Waals surface area contributed by atoms with Gasteiger partial charge in [0.1, 0.15) is 0 Å². The van der Waals surface area contributed by atoms with Crippen molar-refractivity contribution in [2.45, 2.75) is 19.8 Å². The van der Waals surface area contributed by atoms with Gasteiger partial charge in [-0.2, -0.15) is 0 Å². The summed E-state index contributed by atoms with van der Waals surface area (Å²) in [5, 5.41) is 0. The fraction of sp³-hybridized carbons (Fsp3) is 0.348. The smallest absolute Gasteiger partial charge is 0.337 e. The van der Waals surface area contributed by atoms with Crippen LogP contribution in [-0.2, 0) is 9.53 Å². The molecule has 6 heteroatoms. The van der Waals surface area contributed by atoms with Gasteiger partial charge in [-0.05, 0) is 55.5 Å². The number of ether oxygens (including phenoxy) is 1. The van der Waals surface area contributed by atoms with Crippen LogP contribution in [0.2, 0.25) is 0 Å². The molecule has 2 aromatic carbocycles. The molecule has 6 nitrogen and oxygen atoms in total. The number of carbonyl (C=O) groups is 3. The minimum absolute atomic E-state index is 0.170. The van der Waals surface area contributed by atoms with Crippen molar-refractivity contribution in [2.24, 2.45) is 5.92 Å². The van der Waals surface area contributed by atoms with Crippen LogP contribution in [0.25, 0.3) is 0 Å². The number of anilines is 1. The van der Waals surface area contributed by atoms with E-state index in [1.54, 1.807) is 18.2 Å². The summed E-state index contributed by atoms with van der Waals surface area (Å²) in [6.45, 7) is 3.83. The van der Waals surface area contributed by atoms with E-state index in [0.29, 0.717) is 24.1 Å². The molecule has 3 rings (SSSR count). The molecule has 1 atom stereocenters. The lowest BCUT2D eigenvalue weighted by Crippen LogP contribution is -2.42. The molecule has 0 bridgehead atoms. The molecule has 0 spiro atoms. The first-order chi connectivity index (χ1) is 14.0. The van der Waals surface area contributed by atoms with E-state index < -0.39 is 0 Å². The lowest BCUT2D eigenvalue weighted by atomic mass is 9.96. The zero-order chi connectivity index (χ0) is 20.8. The Bertz CT molecular complexity index is 896. The molecule has 1 fully saturated rings. The molecule has 0 aromatic heterocycles. The second-order valence-corrected chi connectivity index (χ2v) is 7.37. The maximum atomic E-state index is 12.8. The summed E-state index contributed by atoms with van der Waals surface area (Å²) in [6.07, 6.45) is 2.53. The van der Waals surface area contributed by atoms with Crippen LogP contribution in [0.15, 0.2) is 48.5 Å². The molecular weight excluding hydrogens is 368 g/mol. The Balaban J connectivity index is 1.70. The van der Waals surface area contributed by atoms with Gasteiger partial charge in [-0.3, -0.25) is 14.5 Å². The zero-order valence-electron chi connectivity index (χ0n) is 16.8. The van der Waals surface area contributed by atoms with Gasteiger partial charge in [0.25, 0.3) is 5.91 Å². The number of rotatable bonds is 6. The Morgan fingerprint density at radius 2 is 2.00 bits per heavy atom. The Hall–Kier alpha value is -3.15. The SMILES string of the molecule is COC(=O)c1cccc(N2CCCC(CN(C=O)C(=O)c3ccccc3C)C2)c1. The monoisotopic (exact) mass is 394 g/mol. The van der Waals surface area contributed by atoms with Crippen molar-refractivity contribution in [3.05, 3.63) is 65.2 Å². The molecule has 0 aliphatic carbocycles. The van der Waals surface area contributed by atoms with Crippen LogP contribution >= 0.6 is 0 Å². The fourth-order valence-electron chi connectivity index (χ4n) is 3.82. The number of nitrogens with zero attached hydrogens (tertiary/aromatic N) is 2. The van der Waals surface area contributed by atoms with Crippen LogP contribution < -0.4 is 4.90 Å². The highest BCUT2D eigenvalue weighted by molar-refractivity contribution is 6.00. The summed E-state index contributed by atoms with van der Waals surface area (Å²) in [5.74, 6) is -0.456. The minimum atomic E-state index is -0.364. The van der Waals surface area contributed by atoms with Crippen molar-refractivity contribution in [1.82, 2.24) is 4.90 Å². The number of methoxy groups -OCH3 is 1. The summed E-state index contributed by atoms with van der Waals surface area (Å²) in [5.41, 5.74) is 2.86. The van der Waals surface area contributed by atoms with Crippen molar-refractivity contribution >= 4 is 24.0 Å². The van der Waals surface area contributed by atoms with E-state index in [0.717, 1.165) is 37.2 Å². The molecule has 1 aliphatic rings. The van der Waals surface area contributed by atoms with Gasteiger partial charge in [0.15, 0.2) is 0 Å². The Morgan fingerprint density at radius 1 is 1.21 bits per heavy atom. The first-order valence-electron chi connectivity index (χ1n) is 9.78. The number of aryl methyl sites for hydroxylation is 1. The maximum absolute atomic E-state index is 12.8. The number of imide groups is 1. The van der Waals surface area contributed by atoms with E-state index in [1.165, 1.54) is 12.0 Å². The lowest BCUT2D eigenvalue weighted by Gasteiger charge is -2.36. The van der Waals surface area contributed by atoms with E-state index in [4.69, 9.17) is 4.74 Å². The summed E-state index contributed by atoms with van der Waals surface area (Å²) in [6, 6.07) is 14.6. The molecular formula is C23H26N2O4. The summed E-state index contributed by atoms with van der Waals surface area (Å²) >= 11 is 0. The molecule has 1 heterocycles. The van der Waals surface area contributed by atoms with Crippen LogP contribution in [0.1, 0.15) is 39.1 Å². The lowest BCUT2D eigenvalue weighted by molar-refractivity contribution is -0.116. The van der Waals surface area contributed by atoms with Crippen LogP contribution in [-0.4, -0.2) is 49.9 Å². The highest BCUT2D eigenvalue weighted by Gasteiger charge is 2.26. The van der Waals surface area contributed by atoms with Crippen LogP contribution in [0, 0.1) is 12.8 Å². The third kappa shape index (κ3) is 4.83. The highest BCUT2D eigenvalue weighted by Crippen LogP contribution is 2.25. The second kappa shape index (κ2) is 9.37. The standard InChI is InChI=1S/C23H26N2O4/c1-17-7-3-4-11-21(17)22(27)25(16-26)15-18-8-6-12-24(14-18)20-10-5-9-19(13-20)23(28)29-2/h3-5,7,9-11,13,16,18H,6,8,12,14-15H2,1-2H3. The number of hydrogen-bond acceptors (Lipinski definition) is 5. The average molecular weight is 394 g/mol. The third-order valence-electron chi connectivity index (χ3n) is 5.37. The number of piperidine rings is 1. The van der Waals surface area contributed by atoms with Crippen molar-refractivity contribution in [3.8, 4) is 0 Å². The third-order valence-corrected chi connectivity index (χ3v) is 5.37. The first-order valence-corrected chi connectivity index (χ1v) is 9.78. The molecule has 1 saturated heterocycles. The minimum Gasteiger partial charge on any atom is -0.465 e. The molecule has 29 heavy (non-hydrogen) atoms. The van der Waals surface area contributed by atoms with E-state index in [-0.39, 0.29) is 17.8 Å². The van der Waals surface area contributed by atoms with Gasteiger partial charge in [0, 0.05) is 30.9 Å². The van der Waals surface area contributed by atoms with Gasteiger partial charge in [0.05, 0.1) is 12.7 Å². The van der Waals surface area contributed by atoms with Crippen molar-refractivity contribution < 1.29 is 19.1 Å². The van der Waals surface area contributed by atoms with E-state index in [2.05, 4.69) is 4.90 Å². The number of amides is 2. The average Bonchev–Trinajstić information content (AvgIpc) is 2.77. The molecule has 0 N–H and O–H groups in total. The van der Waals surface area contributed by atoms with Crippen molar-refractivity contribution in [3.63, 3.8) is 0 Å². The van der Waals surface area contributed by atoms with Crippen molar-refractivity contribution in [1.29, 1.82) is 0 Å². The molecule has 1 unspecified atom stereocenters. The summed E-state index contributed by atoms with van der Waals surface area (Å²) in [7, 11) is 1.37. The Morgan fingerprint density at radius 3 is 2.72 bits per heavy atom. The molecule has 1 aliphatic heterocycles. The molecule has 0 radical (unpaired) electrons. The van der Waals surface area contributed by atoms with Crippen LogP contribution in [0.3, 0.4) is 0 Å². The quantitative estimate of drug-likeness (QED) is 0.556. The normalized spacial score (nSPS) is 16.2. The highest BCUT2D eigenvalue weighted by atomic mass is 16.5. The number of carbonyl (C=O) groups excluding carboxylic acids is 3. The fourth-order valence-corrected chi connectivity index (χ4v) is 3.82. The van der Waals surface area contributed by atoms with Gasteiger partial charge in [-0.15, -0.1) is 0 Å². The van der Waals surface area contributed by atoms with Gasteiger partial charge in [-0.1, -0.05) is 24.3 Å². The van der Waals surface area contributed by atoms with E-state index in [1.807, 2.05) is 37.3 Å². The Labute approximate surface area is 171 Å². The van der Waals surface area contributed by atoms with Crippen LogP contribution in [0.5, 0.6) is 0 Å². The summed E-state index contributed by atoms with van der Waals surface area (Å²) in [4.78, 5) is 39.7. The van der Waals surface area contributed by atoms with E-state index in [9.17, 15) is 14.4 Å². The molecule has 2 amide bonds. The number of esters is 1. The van der Waals surface area contributed by atoms with Crippen molar-refractivity contribution in [2.75, 3.05) is 31.6 Å². The first kappa shape index (κ1) is 20.6. The topological polar surface area (TPSA) is 66.9 Å². The molecule has 2 aromatic rings. The number of hydrogen-bond donors (Lipinski definition) is 0. The van der Waals surface area contributed by atoms with Gasteiger partial charge in [-0.25, -0.2) is 4.79 Å². The second-order valence-electron chi connectivity index (χ2n) is 7.37. The van der Waals surface area contributed by atoms with Gasteiger partial charge >= 0.3 is 5.97 Å². The zero-order valence-corrected chi connectivity index (χ0v) is 16.8. The van der Waals surface area contributed by atoms with Gasteiger partial charge in [0.2, 0.25) is 6.41 Å². The largest absolute Gasteiger partial charge is 0.465 e. The van der Waals surface area contributed by atoms with Crippen LogP contribution in [0.4, 0.5) is 5.69 Å². The molecule has 152 valence electrons. The van der Waals surface area contributed by atoms with Gasteiger partial charge < -0.3 is 9.64 Å². The number of benzene rings is 2. The maximum Gasteiger partial charge on any atom is 0.337 e. The predicted octanol–water partition coefficient (Wildman–Crippen LogP) is 3.30.